The van der Waals surface area contributed by atoms with E-state index >= 15 is 0 Å². The maximum atomic E-state index is 11.6. The predicted molar refractivity (Wildman–Crippen MR) is 66.0 cm³/mol. The predicted octanol–water partition coefficient (Wildman–Crippen LogP) is 1.08. The molecule has 0 aliphatic rings. The average Bonchev–Trinajstić information content (AvgIpc) is 2.27. The highest BCUT2D eigenvalue weighted by Gasteiger charge is 2.08. The Morgan fingerprint density at radius 3 is 2.76 bits per heavy atom. The Bertz CT molecular complexity index is 391. The fraction of sp³-hybridized carbons (Fsp3) is 0.417. The molecule has 0 bridgehead atoms. The molecule has 1 aromatic carbocycles. The summed E-state index contributed by atoms with van der Waals surface area (Å²) in [6.45, 7) is 1.24. The third-order valence-electron chi connectivity index (χ3n) is 2.25. The maximum absolute atomic E-state index is 11.6. The van der Waals surface area contributed by atoms with Crippen molar-refractivity contribution in [2.45, 2.75) is 6.42 Å². The summed E-state index contributed by atoms with van der Waals surface area (Å²) in [5, 5.41) is 9.22. The molecule has 0 aliphatic carbocycles. The topological polar surface area (TPSA) is 75.8 Å². The van der Waals surface area contributed by atoms with E-state index in [1.165, 1.54) is 18.2 Å². The zero-order valence-electron chi connectivity index (χ0n) is 10.1. The molecule has 0 heterocycles. The minimum Gasteiger partial charge on any atom is -0.506 e. The van der Waals surface area contributed by atoms with Gasteiger partial charge in [-0.3, -0.25) is 0 Å². The number of hydrogen-bond acceptors (Lipinski definition) is 5. The van der Waals surface area contributed by atoms with Crippen LogP contribution < -0.4 is 5.73 Å². The SMILES string of the molecule is CN(C)CCCOC(=O)c1ccc(O)c(N)c1. The van der Waals surface area contributed by atoms with Crippen LogP contribution in [0.25, 0.3) is 0 Å². The van der Waals surface area contributed by atoms with Gasteiger partial charge in [0.2, 0.25) is 0 Å². The highest BCUT2D eigenvalue weighted by Crippen LogP contribution is 2.20. The van der Waals surface area contributed by atoms with Crippen LogP contribution >= 0.6 is 0 Å². The third kappa shape index (κ3) is 4.32. The summed E-state index contributed by atoms with van der Waals surface area (Å²) in [7, 11) is 3.92. The number of nitrogens with zero attached hydrogens (tertiary/aromatic N) is 1. The minimum atomic E-state index is -0.421. The second-order valence-electron chi connectivity index (χ2n) is 4.07. The van der Waals surface area contributed by atoms with Crippen LogP contribution in [0.2, 0.25) is 0 Å². The molecular formula is C12H18N2O3. The van der Waals surface area contributed by atoms with Crippen molar-refractivity contribution in [1.29, 1.82) is 0 Å². The van der Waals surface area contributed by atoms with Gasteiger partial charge >= 0.3 is 5.97 Å². The maximum Gasteiger partial charge on any atom is 0.338 e. The van der Waals surface area contributed by atoms with Crippen molar-refractivity contribution in [3.05, 3.63) is 23.8 Å². The first-order valence-electron chi connectivity index (χ1n) is 5.41. The highest BCUT2D eigenvalue weighted by molar-refractivity contribution is 5.90. The van der Waals surface area contributed by atoms with Crippen molar-refractivity contribution in [2.75, 3.05) is 33.0 Å². The van der Waals surface area contributed by atoms with Gasteiger partial charge in [-0.1, -0.05) is 0 Å². The smallest absolute Gasteiger partial charge is 0.338 e. The van der Waals surface area contributed by atoms with E-state index in [0.29, 0.717) is 12.2 Å². The molecule has 1 aromatic rings. The minimum absolute atomic E-state index is 0.0332. The van der Waals surface area contributed by atoms with Gasteiger partial charge in [0.15, 0.2) is 0 Å². The van der Waals surface area contributed by atoms with Crippen molar-refractivity contribution >= 4 is 11.7 Å². The summed E-state index contributed by atoms with van der Waals surface area (Å²) in [4.78, 5) is 13.6. The van der Waals surface area contributed by atoms with Crippen molar-refractivity contribution in [1.82, 2.24) is 4.90 Å². The molecule has 3 N–H and O–H groups in total. The molecule has 94 valence electrons. The number of ether oxygens (including phenoxy) is 1. The lowest BCUT2D eigenvalue weighted by molar-refractivity contribution is 0.0493. The molecule has 0 spiro atoms. The molecule has 0 atom stereocenters. The number of hydrogen-bond donors (Lipinski definition) is 2. The van der Waals surface area contributed by atoms with E-state index in [1.54, 1.807) is 0 Å². The molecule has 0 aliphatic heterocycles. The summed E-state index contributed by atoms with van der Waals surface area (Å²) in [6.07, 6.45) is 0.784. The Morgan fingerprint density at radius 2 is 2.18 bits per heavy atom. The van der Waals surface area contributed by atoms with Gasteiger partial charge in [0.25, 0.3) is 0 Å². The van der Waals surface area contributed by atoms with E-state index in [1.807, 2.05) is 19.0 Å². The zero-order chi connectivity index (χ0) is 12.8. The fourth-order valence-corrected chi connectivity index (χ4v) is 1.31. The normalized spacial score (nSPS) is 10.5. The molecule has 17 heavy (non-hydrogen) atoms. The number of nitrogens with two attached hydrogens (primary N) is 1. The first-order valence-corrected chi connectivity index (χ1v) is 5.41. The highest BCUT2D eigenvalue weighted by atomic mass is 16.5. The number of nitrogen functional groups attached to an aromatic ring is 1. The zero-order valence-corrected chi connectivity index (χ0v) is 10.1. The Hall–Kier alpha value is -1.75. The number of phenols is 1. The van der Waals surface area contributed by atoms with Gasteiger partial charge in [0.1, 0.15) is 5.75 Å². The fourth-order valence-electron chi connectivity index (χ4n) is 1.31. The number of anilines is 1. The van der Waals surface area contributed by atoms with Crippen molar-refractivity contribution in [3.8, 4) is 5.75 Å². The number of esters is 1. The Labute approximate surface area is 101 Å². The van der Waals surface area contributed by atoms with Crippen LogP contribution in [0.15, 0.2) is 18.2 Å². The Kier molecular flexibility index (Phi) is 4.78. The van der Waals surface area contributed by atoms with Crippen molar-refractivity contribution in [3.63, 3.8) is 0 Å². The van der Waals surface area contributed by atoms with Crippen molar-refractivity contribution in [2.24, 2.45) is 0 Å². The van der Waals surface area contributed by atoms with E-state index in [0.717, 1.165) is 13.0 Å². The molecule has 5 heteroatoms. The summed E-state index contributed by atoms with van der Waals surface area (Å²) in [5.41, 5.74) is 6.01. The lowest BCUT2D eigenvalue weighted by Gasteiger charge is -2.09. The molecule has 0 saturated heterocycles. The summed E-state index contributed by atoms with van der Waals surface area (Å²) >= 11 is 0. The van der Waals surface area contributed by atoms with Gasteiger partial charge in [0.05, 0.1) is 17.9 Å². The van der Waals surface area contributed by atoms with Gasteiger partial charge in [-0.25, -0.2) is 4.79 Å². The second-order valence-corrected chi connectivity index (χ2v) is 4.07. The molecule has 0 saturated carbocycles. The number of rotatable bonds is 5. The van der Waals surface area contributed by atoms with Gasteiger partial charge in [0, 0.05) is 6.54 Å². The van der Waals surface area contributed by atoms with Crippen LogP contribution in [0, 0.1) is 0 Å². The molecular weight excluding hydrogens is 220 g/mol. The lowest BCUT2D eigenvalue weighted by atomic mass is 10.2. The molecule has 1 rings (SSSR count). The van der Waals surface area contributed by atoms with Gasteiger partial charge in [-0.05, 0) is 38.7 Å². The quantitative estimate of drug-likeness (QED) is 0.347. The van der Waals surface area contributed by atoms with E-state index in [-0.39, 0.29) is 11.4 Å². The molecule has 5 nitrogen and oxygen atoms in total. The standard InChI is InChI=1S/C12H18N2O3/c1-14(2)6-3-7-17-12(16)9-4-5-11(15)10(13)8-9/h4-5,8,15H,3,6-7,13H2,1-2H3. The van der Waals surface area contributed by atoms with E-state index in [4.69, 9.17) is 10.5 Å². The van der Waals surface area contributed by atoms with Crippen molar-refractivity contribution < 1.29 is 14.6 Å². The van der Waals surface area contributed by atoms with E-state index < -0.39 is 5.97 Å². The molecule has 0 radical (unpaired) electrons. The Balaban J connectivity index is 2.44. The van der Waals surface area contributed by atoms with Crippen LogP contribution in [-0.2, 0) is 4.74 Å². The summed E-state index contributed by atoms with van der Waals surface area (Å²) in [5.74, 6) is -0.454. The van der Waals surface area contributed by atoms with Gasteiger partial charge in [-0.2, -0.15) is 0 Å². The first kappa shape index (κ1) is 13.3. The van der Waals surface area contributed by atoms with Crippen LogP contribution in [0.5, 0.6) is 5.75 Å². The number of carbonyl (C=O) groups is 1. The van der Waals surface area contributed by atoms with Crippen LogP contribution in [0.1, 0.15) is 16.8 Å². The number of benzene rings is 1. The van der Waals surface area contributed by atoms with Crippen LogP contribution in [0.3, 0.4) is 0 Å². The molecule has 0 aromatic heterocycles. The summed E-state index contributed by atoms with van der Waals surface area (Å²) in [6, 6.07) is 4.27. The van der Waals surface area contributed by atoms with Gasteiger partial charge < -0.3 is 20.5 Å². The second kappa shape index (κ2) is 6.10. The number of aromatic hydroxyl groups is 1. The molecule has 0 fully saturated rings. The number of phenolic OH excluding ortho intramolecular Hbond substituents is 1. The largest absolute Gasteiger partial charge is 0.506 e. The molecule has 0 amide bonds. The van der Waals surface area contributed by atoms with Gasteiger partial charge in [-0.15, -0.1) is 0 Å². The summed E-state index contributed by atoms with van der Waals surface area (Å²) < 4.78 is 5.07. The third-order valence-corrected chi connectivity index (χ3v) is 2.25. The van der Waals surface area contributed by atoms with E-state index in [2.05, 4.69) is 0 Å². The Morgan fingerprint density at radius 1 is 1.47 bits per heavy atom. The lowest BCUT2D eigenvalue weighted by Crippen LogP contribution is -2.16. The first-order chi connectivity index (χ1) is 8.00. The molecule has 0 unspecified atom stereocenters. The number of carbonyl (C=O) groups excluding carboxylic acids is 1. The average molecular weight is 238 g/mol. The van der Waals surface area contributed by atoms with E-state index in [9.17, 15) is 9.90 Å². The van der Waals surface area contributed by atoms with Crippen LogP contribution in [0.4, 0.5) is 5.69 Å². The monoisotopic (exact) mass is 238 g/mol. The van der Waals surface area contributed by atoms with Crippen LogP contribution in [-0.4, -0.2) is 43.2 Å².